The first-order chi connectivity index (χ1) is 6.29. The van der Waals surface area contributed by atoms with E-state index in [1.54, 1.807) is 0 Å². The van der Waals surface area contributed by atoms with Gasteiger partial charge in [-0.1, -0.05) is 12.2 Å². The maximum Gasteiger partial charge on any atom is 0.0748 e. The van der Waals surface area contributed by atoms with Crippen LogP contribution in [-0.4, -0.2) is 25.9 Å². The van der Waals surface area contributed by atoms with Gasteiger partial charge in [-0.3, -0.25) is 0 Å². The van der Waals surface area contributed by atoms with Crippen LogP contribution >= 0.6 is 0 Å². The average molecular weight is 183 g/mol. The van der Waals surface area contributed by atoms with Crippen LogP contribution in [0, 0.1) is 0 Å². The molecule has 0 bridgehead atoms. The Morgan fingerprint density at radius 2 is 2.23 bits per heavy atom. The molecule has 1 unspecified atom stereocenters. The van der Waals surface area contributed by atoms with Crippen molar-refractivity contribution in [3.8, 4) is 0 Å². The maximum atomic E-state index is 5.76. The molecule has 0 saturated carbocycles. The summed E-state index contributed by atoms with van der Waals surface area (Å²) < 4.78 is 10.7. The van der Waals surface area contributed by atoms with Crippen molar-refractivity contribution in [3.05, 3.63) is 23.9 Å². The Hall–Kier alpha value is -0.800. The molecule has 0 aromatic heterocycles. The quantitative estimate of drug-likeness (QED) is 0.574. The minimum atomic E-state index is 0.0788. The van der Waals surface area contributed by atoms with Crippen LogP contribution in [0.3, 0.4) is 0 Å². The Bertz CT molecular complexity index is 199. The van der Waals surface area contributed by atoms with Crippen molar-refractivity contribution in [3.63, 3.8) is 0 Å². The molecule has 0 saturated heterocycles. The molecule has 13 heavy (non-hydrogen) atoms. The van der Waals surface area contributed by atoms with Gasteiger partial charge in [-0.15, -0.1) is 0 Å². The zero-order valence-corrected chi connectivity index (χ0v) is 8.03. The van der Waals surface area contributed by atoms with Crippen molar-refractivity contribution < 1.29 is 9.47 Å². The van der Waals surface area contributed by atoms with Gasteiger partial charge in [0.1, 0.15) is 0 Å². The molecular weight excluding hydrogens is 166 g/mol. The average Bonchev–Trinajstić information content (AvgIpc) is 2.11. The van der Waals surface area contributed by atoms with E-state index in [2.05, 4.69) is 0 Å². The van der Waals surface area contributed by atoms with Gasteiger partial charge in [0.25, 0.3) is 0 Å². The van der Waals surface area contributed by atoms with E-state index in [4.69, 9.17) is 15.2 Å². The molecule has 2 N–H and O–H groups in total. The largest absolute Gasteiger partial charge is 0.402 e. The molecule has 74 valence electrons. The first kappa shape index (κ1) is 10.3. The van der Waals surface area contributed by atoms with E-state index in [-0.39, 0.29) is 6.10 Å². The molecule has 0 amide bonds. The van der Waals surface area contributed by atoms with Crippen LogP contribution < -0.4 is 5.73 Å². The first-order valence-corrected chi connectivity index (χ1v) is 4.59. The fourth-order valence-electron chi connectivity index (χ4n) is 1.15. The molecule has 3 heteroatoms. The summed E-state index contributed by atoms with van der Waals surface area (Å²) in [6.45, 7) is 3.89. The van der Waals surface area contributed by atoms with Gasteiger partial charge in [0.05, 0.1) is 25.9 Å². The lowest BCUT2D eigenvalue weighted by atomic mass is 10.2. The van der Waals surface area contributed by atoms with Crippen LogP contribution in [0.4, 0.5) is 0 Å². The van der Waals surface area contributed by atoms with Crippen LogP contribution in [0.2, 0.25) is 0 Å². The highest BCUT2D eigenvalue weighted by atomic mass is 16.5. The lowest BCUT2D eigenvalue weighted by Crippen LogP contribution is -2.12. The summed E-state index contributed by atoms with van der Waals surface area (Å²) in [5, 5.41) is 0. The Morgan fingerprint density at radius 1 is 1.38 bits per heavy atom. The van der Waals surface area contributed by atoms with Crippen LogP contribution in [0.1, 0.15) is 13.3 Å². The van der Waals surface area contributed by atoms with Crippen LogP contribution in [0.15, 0.2) is 23.9 Å². The number of hydrogen-bond acceptors (Lipinski definition) is 3. The van der Waals surface area contributed by atoms with Gasteiger partial charge >= 0.3 is 0 Å². The summed E-state index contributed by atoms with van der Waals surface area (Å²) in [5.41, 5.74) is 6.61. The van der Waals surface area contributed by atoms with Crippen molar-refractivity contribution in [1.82, 2.24) is 0 Å². The lowest BCUT2D eigenvalue weighted by molar-refractivity contribution is 0.0379. The van der Waals surface area contributed by atoms with Gasteiger partial charge < -0.3 is 15.2 Å². The second-order valence-electron chi connectivity index (χ2n) is 3.07. The highest BCUT2D eigenvalue weighted by Crippen LogP contribution is 2.01. The molecule has 3 nitrogen and oxygen atoms in total. The van der Waals surface area contributed by atoms with E-state index in [0.29, 0.717) is 19.8 Å². The smallest absolute Gasteiger partial charge is 0.0748 e. The van der Waals surface area contributed by atoms with Crippen molar-refractivity contribution in [2.45, 2.75) is 19.4 Å². The maximum absolute atomic E-state index is 5.76. The Balaban J connectivity index is 2.48. The minimum absolute atomic E-state index is 0.0788. The molecule has 1 aliphatic rings. The highest BCUT2D eigenvalue weighted by molar-refractivity contribution is 5.05. The van der Waals surface area contributed by atoms with Crippen LogP contribution in [-0.2, 0) is 9.47 Å². The van der Waals surface area contributed by atoms with Gasteiger partial charge in [-0.2, -0.15) is 0 Å². The molecule has 0 aromatic rings. The monoisotopic (exact) mass is 183 g/mol. The Morgan fingerprint density at radius 3 is 3.08 bits per heavy atom. The van der Waals surface area contributed by atoms with E-state index >= 15 is 0 Å². The second-order valence-corrected chi connectivity index (χ2v) is 3.07. The lowest BCUT2D eigenvalue weighted by Gasteiger charge is -2.09. The molecule has 1 rings (SSSR count). The van der Waals surface area contributed by atoms with E-state index < -0.39 is 0 Å². The van der Waals surface area contributed by atoms with Crippen molar-refractivity contribution in [2.75, 3.05) is 19.8 Å². The number of rotatable bonds is 0. The third kappa shape index (κ3) is 4.70. The summed E-state index contributed by atoms with van der Waals surface area (Å²) in [5.74, 6) is 0. The molecular formula is C10H17NO2. The fraction of sp³-hybridized carbons (Fsp3) is 0.600. The number of ether oxygens (including phenoxy) is 2. The predicted octanol–water partition coefficient (Wildman–Crippen LogP) is 1.21. The Labute approximate surface area is 79.2 Å². The second kappa shape index (κ2) is 5.78. The molecule has 0 aromatic carbocycles. The standard InChI is InChI=1S/C10H17NO2/c1-9-8-10(11)4-2-3-5-12-6-7-13-9/h2-3,8-9H,4-7,11H2,1H3/b3-2-,10-8+. The molecule has 0 fully saturated rings. The van der Waals surface area contributed by atoms with Crippen LogP contribution in [0.25, 0.3) is 0 Å². The SMILES string of the molecule is CC1/C=C(/N)C/C=C\COCCO1. The third-order valence-corrected chi connectivity index (χ3v) is 1.79. The van der Waals surface area contributed by atoms with Crippen LogP contribution in [0.5, 0.6) is 0 Å². The summed E-state index contributed by atoms with van der Waals surface area (Å²) in [7, 11) is 0. The van der Waals surface area contributed by atoms with E-state index in [9.17, 15) is 0 Å². The zero-order chi connectivity index (χ0) is 9.52. The molecule has 1 heterocycles. The molecule has 0 aliphatic carbocycles. The Kier molecular flexibility index (Phi) is 4.57. The summed E-state index contributed by atoms with van der Waals surface area (Å²) in [6.07, 6.45) is 6.79. The normalized spacial score (nSPS) is 32.7. The predicted molar refractivity (Wildman–Crippen MR) is 52.3 cm³/mol. The minimum Gasteiger partial charge on any atom is -0.402 e. The van der Waals surface area contributed by atoms with E-state index in [1.165, 1.54) is 0 Å². The first-order valence-electron chi connectivity index (χ1n) is 4.59. The van der Waals surface area contributed by atoms with Crippen molar-refractivity contribution in [2.24, 2.45) is 5.73 Å². The summed E-state index contributed by atoms with van der Waals surface area (Å²) in [4.78, 5) is 0. The topological polar surface area (TPSA) is 44.5 Å². The van der Waals surface area contributed by atoms with Gasteiger partial charge in [0, 0.05) is 12.1 Å². The van der Waals surface area contributed by atoms with Gasteiger partial charge in [-0.05, 0) is 13.0 Å². The van der Waals surface area contributed by atoms with Gasteiger partial charge in [-0.25, -0.2) is 0 Å². The van der Waals surface area contributed by atoms with Gasteiger partial charge in [0.15, 0.2) is 0 Å². The van der Waals surface area contributed by atoms with E-state index in [1.807, 2.05) is 25.2 Å². The van der Waals surface area contributed by atoms with Gasteiger partial charge in [0.2, 0.25) is 0 Å². The van der Waals surface area contributed by atoms with Crippen molar-refractivity contribution >= 4 is 0 Å². The number of hydrogen-bond donors (Lipinski definition) is 1. The molecule has 1 atom stereocenters. The summed E-state index contributed by atoms with van der Waals surface area (Å²) in [6, 6.07) is 0. The van der Waals surface area contributed by atoms with E-state index in [0.717, 1.165) is 12.1 Å². The number of nitrogens with two attached hydrogens (primary N) is 1. The third-order valence-electron chi connectivity index (χ3n) is 1.79. The summed E-state index contributed by atoms with van der Waals surface area (Å²) >= 11 is 0. The zero-order valence-electron chi connectivity index (χ0n) is 8.03. The fourth-order valence-corrected chi connectivity index (χ4v) is 1.15. The molecule has 1 aliphatic heterocycles. The van der Waals surface area contributed by atoms with Crippen molar-refractivity contribution in [1.29, 1.82) is 0 Å². The highest BCUT2D eigenvalue weighted by Gasteiger charge is 1.99. The number of allylic oxidation sites excluding steroid dienone is 1. The molecule has 0 radical (unpaired) electrons. The molecule has 0 spiro atoms.